The fourth-order valence-electron chi connectivity index (χ4n) is 3.28. The molecular weight excluding hydrogens is 264 g/mol. The molecule has 3 aliphatic rings. The first-order valence-corrected chi connectivity index (χ1v) is 8.39. The second kappa shape index (κ2) is 6.12. The SMILES string of the molecule is O=C(C1CCOC2(CCOCC2)C1)C1CSCCO1. The summed E-state index contributed by atoms with van der Waals surface area (Å²) in [5.41, 5.74) is -0.0986. The van der Waals surface area contributed by atoms with Gasteiger partial charge in [-0.05, 0) is 25.7 Å². The summed E-state index contributed by atoms with van der Waals surface area (Å²) in [4.78, 5) is 12.6. The third kappa shape index (κ3) is 3.15. The molecule has 4 nitrogen and oxygen atoms in total. The Balaban J connectivity index is 1.62. The number of Topliss-reactive ketones (excluding diaryl/α,β-unsaturated/α-hetero) is 1. The zero-order valence-electron chi connectivity index (χ0n) is 11.3. The predicted octanol–water partition coefficient (Wildman–Crippen LogP) is 1.66. The Kier molecular flexibility index (Phi) is 4.47. The Bertz CT molecular complexity index is 316. The highest BCUT2D eigenvalue weighted by molar-refractivity contribution is 7.99. The monoisotopic (exact) mass is 286 g/mol. The number of ketones is 1. The van der Waals surface area contributed by atoms with Gasteiger partial charge in [-0.15, -0.1) is 0 Å². The summed E-state index contributed by atoms with van der Waals surface area (Å²) < 4.78 is 17.0. The lowest BCUT2D eigenvalue weighted by Crippen LogP contribution is -2.48. The van der Waals surface area contributed by atoms with Crippen LogP contribution in [-0.2, 0) is 19.0 Å². The zero-order valence-corrected chi connectivity index (χ0v) is 12.1. The van der Waals surface area contributed by atoms with Crippen LogP contribution in [0.25, 0.3) is 0 Å². The molecule has 2 unspecified atom stereocenters. The maximum Gasteiger partial charge on any atom is 0.165 e. The van der Waals surface area contributed by atoms with E-state index in [1.165, 1.54) is 0 Å². The third-order valence-electron chi connectivity index (χ3n) is 4.43. The number of thioether (sulfide) groups is 1. The van der Waals surface area contributed by atoms with E-state index in [4.69, 9.17) is 14.2 Å². The summed E-state index contributed by atoms with van der Waals surface area (Å²) in [6, 6.07) is 0. The quantitative estimate of drug-likeness (QED) is 0.772. The van der Waals surface area contributed by atoms with Crippen LogP contribution in [0.2, 0.25) is 0 Å². The lowest BCUT2D eigenvalue weighted by molar-refractivity contribution is -0.162. The second-order valence-electron chi connectivity index (χ2n) is 5.67. The Morgan fingerprint density at radius 1 is 1.16 bits per heavy atom. The molecule has 3 heterocycles. The van der Waals surface area contributed by atoms with E-state index in [1.54, 1.807) is 0 Å². The number of rotatable bonds is 2. The van der Waals surface area contributed by atoms with Crippen LogP contribution < -0.4 is 0 Å². The van der Waals surface area contributed by atoms with Gasteiger partial charge in [-0.2, -0.15) is 11.8 Å². The summed E-state index contributed by atoms with van der Waals surface area (Å²) in [5, 5.41) is 0. The van der Waals surface area contributed by atoms with Gasteiger partial charge in [0.25, 0.3) is 0 Å². The normalized spacial score (nSPS) is 35.2. The molecule has 0 saturated carbocycles. The minimum atomic E-state index is -0.182. The number of carbonyl (C=O) groups excluding carboxylic acids is 1. The van der Waals surface area contributed by atoms with Gasteiger partial charge >= 0.3 is 0 Å². The molecule has 3 aliphatic heterocycles. The van der Waals surface area contributed by atoms with Gasteiger partial charge in [-0.1, -0.05) is 0 Å². The van der Waals surface area contributed by atoms with Crippen molar-refractivity contribution >= 4 is 17.5 Å². The first-order chi connectivity index (χ1) is 9.29. The van der Waals surface area contributed by atoms with Gasteiger partial charge < -0.3 is 14.2 Å². The largest absolute Gasteiger partial charge is 0.381 e. The van der Waals surface area contributed by atoms with E-state index in [2.05, 4.69) is 0 Å². The molecule has 5 heteroatoms. The lowest BCUT2D eigenvalue weighted by Gasteiger charge is -2.43. The van der Waals surface area contributed by atoms with E-state index >= 15 is 0 Å². The Morgan fingerprint density at radius 2 is 2.00 bits per heavy atom. The molecule has 0 aromatic heterocycles. The maximum atomic E-state index is 12.6. The first-order valence-electron chi connectivity index (χ1n) is 7.24. The van der Waals surface area contributed by atoms with Crippen molar-refractivity contribution in [3.05, 3.63) is 0 Å². The van der Waals surface area contributed by atoms with Crippen molar-refractivity contribution in [2.45, 2.75) is 37.4 Å². The molecule has 0 radical (unpaired) electrons. The number of ether oxygens (including phenoxy) is 3. The van der Waals surface area contributed by atoms with Crippen LogP contribution >= 0.6 is 11.8 Å². The summed E-state index contributed by atoms with van der Waals surface area (Å²) in [5.74, 6) is 2.27. The van der Waals surface area contributed by atoms with Crippen LogP contribution in [0.15, 0.2) is 0 Å². The number of hydrogen-bond donors (Lipinski definition) is 0. The van der Waals surface area contributed by atoms with E-state index < -0.39 is 0 Å². The summed E-state index contributed by atoms with van der Waals surface area (Å²) in [7, 11) is 0. The molecule has 0 aromatic carbocycles. The molecule has 3 saturated heterocycles. The summed E-state index contributed by atoms with van der Waals surface area (Å²) in [6.45, 7) is 2.94. The third-order valence-corrected chi connectivity index (χ3v) is 5.43. The van der Waals surface area contributed by atoms with Gasteiger partial charge in [0.2, 0.25) is 0 Å². The van der Waals surface area contributed by atoms with Gasteiger partial charge in [0, 0.05) is 37.2 Å². The first kappa shape index (κ1) is 13.9. The van der Waals surface area contributed by atoms with E-state index in [-0.39, 0.29) is 17.6 Å². The molecule has 0 N–H and O–H groups in total. The van der Waals surface area contributed by atoms with Crippen LogP contribution in [0.3, 0.4) is 0 Å². The van der Waals surface area contributed by atoms with E-state index in [0.29, 0.717) is 19.0 Å². The lowest BCUT2D eigenvalue weighted by atomic mass is 9.78. The minimum Gasteiger partial charge on any atom is -0.381 e. The van der Waals surface area contributed by atoms with Crippen LogP contribution in [0.5, 0.6) is 0 Å². The average Bonchev–Trinajstić information content (AvgIpc) is 2.48. The molecule has 3 rings (SSSR count). The van der Waals surface area contributed by atoms with Crippen molar-refractivity contribution in [2.24, 2.45) is 5.92 Å². The fourth-order valence-corrected chi connectivity index (χ4v) is 4.13. The summed E-state index contributed by atoms with van der Waals surface area (Å²) in [6.07, 6.45) is 3.39. The molecular formula is C14H22O4S. The molecule has 2 atom stereocenters. The van der Waals surface area contributed by atoms with Crippen LogP contribution in [0, 0.1) is 5.92 Å². The van der Waals surface area contributed by atoms with Crippen LogP contribution in [0.4, 0.5) is 0 Å². The van der Waals surface area contributed by atoms with Gasteiger partial charge in [0.1, 0.15) is 6.10 Å². The van der Waals surface area contributed by atoms with E-state index in [0.717, 1.165) is 50.4 Å². The highest BCUT2D eigenvalue weighted by Crippen LogP contribution is 2.38. The van der Waals surface area contributed by atoms with Crippen molar-refractivity contribution in [3.8, 4) is 0 Å². The smallest absolute Gasteiger partial charge is 0.165 e. The molecule has 0 amide bonds. The molecule has 19 heavy (non-hydrogen) atoms. The van der Waals surface area contributed by atoms with Crippen molar-refractivity contribution < 1.29 is 19.0 Å². The van der Waals surface area contributed by atoms with Gasteiger partial charge in [-0.3, -0.25) is 4.79 Å². The molecule has 0 bridgehead atoms. The van der Waals surface area contributed by atoms with Crippen molar-refractivity contribution in [3.63, 3.8) is 0 Å². The van der Waals surface area contributed by atoms with Crippen LogP contribution in [0.1, 0.15) is 25.7 Å². The zero-order chi connectivity index (χ0) is 13.1. The predicted molar refractivity (Wildman–Crippen MR) is 73.5 cm³/mol. The van der Waals surface area contributed by atoms with Crippen LogP contribution in [-0.4, -0.2) is 55.4 Å². The van der Waals surface area contributed by atoms with Crippen molar-refractivity contribution in [2.75, 3.05) is 37.9 Å². The van der Waals surface area contributed by atoms with Crippen molar-refractivity contribution in [1.82, 2.24) is 0 Å². The standard InChI is InChI=1S/C14H22O4S/c15-13(12-10-19-8-7-17-12)11-1-4-18-14(9-11)2-5-16-6-3-14/h11-12H,1-10H2. The van der Waals surface area contributed by atoms with Gasteiger partial charge in [-0.25, -0.2) is 0 Å². The molecule has 1 spiro atoms. The van der Waals surface area contributed by atoms with Crippen molar-refractivity contribution in [1.29, 1.82) is 0 Å². The maximum absolute atomic E-state index is 12.6. The highest BCUT2D eigenvalue weighted by Gasteiger charge is 2.42. The Hall–Kier alpha value is -0.100. The molecule has 0 aromatic rings. The van der Waals surface area contributed by atoms with Gasteiger partial charge in [0.15, 0.2) is 5.78 Å². The second-order valence-corrected chi connectivity index (χ2v) is 6.82. The Labute approximate surface area is 118 Å². The number of hydrogen-bond acceptors (Lipinski definition) is 5. The minimum absolute atomic E-state index is 0.0986. The number of carbonyl (C=O) groups is 1. The highest BCUT2D eigenvalue weighted by atomic mass is 32.2. The fraction of sp³-hybridized carbons (Fsp3) is 0.929. The summed E-state index contributed by atoms with van der Waals surface area (Å²) >= 11 is 1.83. The van der Waals surface area contributed by atoms with Gasteiger partial charge in [0.05, 0.1) is 12.2 Å². The van der Waals surface area contributed by atoms with E-state index in [1.807, 2.05) is 11.8 Å². The van der Waals surface area contributed by atoms with E-state index in [9.17, 15) is 4.79 Å². The average molecular weight is 286 g/mol. The molecule has 0 aliphatic carbocycles. The molecule has 108 valence electrons. The molecule has 3 fully saturated rings. The topological polar surface area (TPSA) is 44.8 Å². The Morgan fingerprint density at radius 3 is 2.74 bits per heavy atom.